The van der Waals surface area contributed by atoms with Crippen molar-refractivity contribution in [2.45, 2.75) is 12.8 Å². The molecule has 1 radical (unpaired) electrons. The molecule has 0 spiro atoms. The molecule has 0 aromatic rings. The van der Waals surface area contributed by atoms with E-state index in [9.17, 15) is 9.59 Å². The number of hydrogen-bond donors (Lipinski definition) is 2. The predicted octanol–water partition coefficient (Wildman–Crippen LogP) is 1.37. The van der Waals surface area contributed by atoms with Crippen LogP contribution in [0.1, 0.15) is 12.8 Å². The molecule has 0 saturated carbocycles. The molecule has 0 amide bonds. The second kappa shape index (κ2) is 12.1. The van der Waals surface area contributed by atoms with Crippen molar-refractivity contribution in [1.82, 2.24) is 0 Å². The van der Waals surface area contributed by atoms with Gasteiger partial charge in [-0.05, 0) is 0 Å². The first-order chi connectivity index (χ1) is 3.63. The van der Waals surface area contributed by atoms with E-state index in [0.717, 1.165) is 0 Å². The number of hydrogen-bond acceptors (Lipinski definition) is 2. The molecule has 0 aliphatic heterocycles. The summed E-state index contributed by atoms with van der Waals surface area (Å²) in [4.78, 5) is 19.3. The van der Waals surface area contributed by atoms with Crippen molar-refractivity contribution in [3.05, 3.63) is 12.3 Å². The van der Waals surface area contributed by atoms with Crippen molar-refractivity contribution < 1.29 is 36.9 Å². The molecule has 0 bridgehead atoms. The summed E-state index contributed by atoms with van der Waals surface area (Å²) in [5.41, 5.74) is 0. The fourth-order valence-electron chi connectivity index (χ4n) is 0.214. The molecule has 0 unspecified atom stereocenters. The minimum Gasteiger partial charge on any atom is -0.693 e. The van der Waals surface area contributed by atoms with E-state index < -0.39 is 11.9 Å². The molecule has 6 N–H and O–H groups in total. The van der Waals surface area contributed by atoms with Gasteiger partial charge in [-0.25, -0.2) is 0 Å². The van der Waals surface area contributed by atoms with E-state index in [2.05, 4.69) is 0 Å². The second-order valence-electron chi connectivity index (χ2n) is 1.29. The maximum Gasteiger partial charge on any atom is 2.00 e. The van der Waals surface area contributed by atoms with Crippen molar-refractivity contribution in [3.63, 3.8) is 0 Å². The summed E-state index contributed by atoms with van der Waals surface area (Å²) >= 11 is 0. The molecule has 6 nitrogen and oxygen atoms in total. The van der Waals surface area contributed by atoms with Gasteiger partial charge < -0.3 is 22.5 Å². The van der Waals surface area contributed by atoms with Crippen molar-refractivity contribution in [2.24, 2.45) is 0 Å². The van der Waals surface area contributed by atoms with Crippen LogP contribution >= 0.6 is 0 Å². The third-order valence-electron chi connectivity index (χ3n) is 0.553. The minimum absolute atomic E-state index is 0. The van der Waals surface area contributed by atoms with Crippen LogP contribution < -0.4 is 0 Å². The first-order valence-electron chi connectivity index (χ1n) is 2.06. The Morgan fingerprint density at radius 2 is 1.09 bits per heavy atom. The van der Waals surface area contributed by atoms with Crippen molar-refractivity contribution in [3.8, 4) is 0 Å². The molecule has 0 aromatic carbocycles. The van der Waals surface area contributed by atoms with Crippen LogP contribution in [0.15, 0.2) is 0 Å². The predicted molar refractivity (Wildman–Crippen MR) is 35.1 cm³/mol. The first-order valence-corrected chi connectivity index (χ1v) is 2.06. The standard InChI is InChI=1S/C4H6O4.Cu.2H2N/c5-3(6)1-2-4(7)8;;;/h1-2H2,(H,5,6)(H,7,8);;2*1H2/q;+2;2*-1. The second-order valence-corrected chi connectivity index (χ2v) is 1.29. The molecule has 0 aliphatic carbocycles. The Bertz CT molecular complexity index is 105. The molecule has 0 rings (SSSR count). The van der Waals surface area contributed by atoms with Crippen LogP contribution in [0.4, 0.5) is 0 Å². The Morgan fingerprint density at radius 3 is 1.18 bits per heavy atom. The topological polar surface area (TPSA) is 142 Å². The van der Waals surface area contributed by atoms with Crippen LogP contribution in [-0.2, 0) is 26.7 Å². The molecule has 0 saturated heterocycles. The fourth-order valence-corrected chi connectivity index (χ4v) is 0.214. The zero-order valence-corrected chi connectivity index (χ0v) is 6.52. The van der Waals surface area contributed by atoms with Gasteiger partial charge in [-0.1, -0.05) is 0 Å². The van der Waals surface area contributed by atoms with E-state index in [0.29, 0.717) is 0 Å². The Hall–Kier alpha value is -0.621. The van der Waals surface area contributed by atoms with E-state index >= 15 is 0 Å². The molecule has 0 heterocycles. The molecular formula is C4H10CuN2O4. The average molecular weight is 214 g/mol. The van der Waals surface area contributed by atoms with Gasteiger partial charge in [0.25, 0.3) is 0 Å². The quantitative estimate of drug-likeness (QED) is 0.683. The van der Waals surface area contributed by atoms with Crippen molar-refractivity contribution >= 4 is 11.9 Å². The normalized spacial score (nSPS) is 6.18. The summed E-state index contributed by atoms with van der Waals surface area (Å²) in [5.74, 6) is -2.15. The van der Waals surface area contributed by atoms with Gasteiger partial charge in [0.2, 0.25) is 0 Å². The average Bonchev–Trinajstić information content (AvgIpc) is 1.61. The molecule has 11 heavy (non-hydrogen) atoms. The minimum atomic E-state index is -1.08. The largest absolute Gasteiger partial charge is 2.00 e. The van der Waals surface area contributed by atoms with Crippen molar-refractivity contribution in [1.29, 1.82) is 0 Å². The molecule has 0 aromatic heterocycles. The summed E-state index contributed by atoms with van der Waals surface area (Å²) in [7, 11) is 0. The summed E-state index contributed by atoms with van der Waals surface area (Å²) in [6.45, 7) is 0. The number of carboxylic acid groups (broad SMARTS) is 2. The van der Waals surface area contributed by atoms with E-state index in [1.54, 1.807) is 0 Å². The molecule has 0 aliphatic rings. The van der Waals surface area contributed by atoms with E-state index in [-0.39, 0.29) is 42.2 Å². The SMILES string of the molecule is O=C(O)CCC(=O)O.[Cu+2].[NH2-].[NH2-]. The van der Waals surface area contributed by atoms with Gasteiger partial charge in [-0.3, -0.25) is 9.59 Å². The van der Waals surface area contributed by atoms with Crippen LogP contribution in [0.3, 0.4) is 0 Å². The molecule has 71 valence electrons. The van der Waals surface area contributed by atoms with Crippen molar-refractivity contribution in [2.75, 3.05) is 0 Å². The Labute approximate surface area is 74.6 Å². The summed E-state index contributed by atoms with van der Waals surface area (Å²) in [6.07, 6.45) is -0.593. The third kappa shape index (κ3) is 26.6. The number of aliphatic carboxylic acids is 2. The first kappa shape index (κ1) is 22.4. The van der Waals surface area contributed by atoms with Crippen LogP contribution in [-0.4, -0.2) is 22.2 Å². The van der Waals surface area contributed by atoms with Crippen LogP contribution in [0.5, 0.6) is 0 Å². The van der Waals surface area contributed by atoms with Crippen LogP contribution in [0, 0.1) is 0 Å². The maximum atomic E-state index is 9.64. The van der Waals surface area contributed by atoms with Gasteiger partial charge in [0.1, 0.15) is 0 Å². The summed E-state index contributed by atoms with van der Waals surface area (Å²) in [6, 6.07) is 0. The maximum absolute atomic E-state index is 9.64. The summed E-state index contributed by atoms with van der Waals surface area (Å²) < 4.78 is 0. The Kier molecular flexibility index (Phi) is 24.7. The zero-order valence-electron chi connectivity index (χ0n) is 5.58. The van der Waals surface area contributed by atoms with Gasteiger partial charge in [0.15, 0.2) is 0 Å². The van der Waals surface area contributed by atoms with Gasteiger partial charge in [-0.15, -0.1) is 0 Å². The van der Waals surface area contributed by atoms with Crippen LogP contribution in [0.2, 0.25) is 0 Å². The Morgan fingerprint density at radius 1 is 0.909 bits per heavy atom. The molecule has 0 atom stereocenters. The summed E-state index contributed by atoms with van der Waals surface area (Å²) in [5, 5.41) is 15.8. The molecular weight excluding hydrogens is 204 g/mol. The Balaban J connectivity index is -0.0000000817. The zero-order chi connectivity index (χ0) is 6.57. The van der Waals surface area contributed by atoms with E-state index in [1.165, 1.54) is 0 Å². The number of carboxylic acids is 2. The van der Waals surface area contributed by atoms with Gasteiger partial charge in [0.05, 0.1) is 12.8 Å². The van der Waals surface area contributed by atoms with E-state index in [1.807, 2.05) is 0 Å². The third-order valence-corrected chi connectivity index (χ3v) is 0.553. The van der Waals surface area contributed by atoms with E-state index in [4.69, 9.17) is 10.2 Å². The molecule has 0 fully saturated rings. The van der Waals surface area contributed by atoms with Crippen LogP contribution in [0.25, 0.3) is 12.3 Å². The van der Waals surface area contributed by atoms with Gasteiger partial charge >= 0.3 is 29.0 Å². The number of rotatable bonds is 3. The smallest absolute Gasteiger partial charge is 0.693 e. The number of nitrogens with two attached hydrogens (primary N) is 2. The van der Waals surface area contributed by atoms with Gasteiger partial charge in [0, 0.05) is 0 Å². The molecule has 7 heteroatoms. The van der Waals surface area contributed by atoms with Gasteiger partial charge in [-0.2, -0.15) is 0 Å². The fraction of sp³-hybridized carbons (Fsp3) is 0.500. The number of carbonyl (C=O) groups is 2. The monoisotopic (exact) mass is 213 g/mol.